The second kappa shape index (κ2) is 3.21. The second-order valence-corrected chi connectivity index (χ2v) is 2.53. The standard InChI is InChI=1S/C8H10N2O2/c1-6-2-3-8(12)10(6)5-4-7(9)11/h2-3H,1,4-5H2,(H2,9,11). The van der Waals surface area contributed by atoms with E-state index in [4.69, 9.17) is 5.73 Å². The van der Waals surface area contributed by atoms with E-state index in [2.05, 4.69) is 6.58 Å². The largest absolute Gasteiger partial charge is 0.370 e. The van der Waals surface area contributed by atoms with Gasteiger partial charge in [-0.1, -0.05) is 6.58 Å². The molecule has 0 bridgehead atoms. The predicted molar refractivity (Wildman–Crippen MR) is 43.8 cm³/mol. The molecule has 0 aromatic rings. The molecule has 0 aromatic heterocycles. The van der Waals surface area contributed by atoms with Crippen LogP contribution in [0.4, 0.5) is 0 Å². The maximum atomic E-state index is 11.0. The minimum atomic E-state index is -0.414. The van der Waals surface area contributed by atoms with Crippen LogP contribution in [0.25, 0.3) is 0 Å². The lowest BCUT2D eigenvalue weighted by Crippen LogP contribution is -2.28. The van der Waals surface area contributed by atoms with Gasteiger partial charge in [0.25, 0.3) is 5.91 Å². The molecule has 1 aliphatic rings. The summed E-state index contributed by atoms with van der Waals surface area (Å²) < 4.78 is 0. The van der Waals surface area contributed by atoms with E-state index in [1.807, 2.05) is 0 Å². The van der Waals surface area contributed by atoms with E-state index in [9.17, 15) is 9.59 Å². The summed E-state index contributed by atoms with van der Waals surface area (Å²) >= 11 is 0. The number of carbonyl (C=O) groups is 2. The summed E-state index contributed by atoms with van der Waals surface area (Å²) in [5, 5.41) is 0. The highest BCUT2D eigenvalue weighted by Gasteiger charge is 2.18. The van der Waals surface area contributed by atoms with Crippen molar-refractivity contribution in [1.82, 2.24) is 4.90 Å². The van der Waals surface area contributed by atoms with Gasteiger partial charge in [0.05, 0.1) is 0 Å². The van der Waals surface area contributed by atoms with Gasteiger partial charge in [-0.2, -0.15) is 0 Å². The van der Waals surface area contributed by atoms with Crippen molar-refractivity contribution in [2.45, 2.75) is 6.42 Å². The lowest BCUT2D eigenvalue weighted by atomic mass is 10.3. The highest BCUT2D eigenvalue weighted by molar-refractivity contribution is 5.93. The smallest absolute Gasteiger partial charge is 0.251 e. The Balaban J connectivity index is 2.48. The molecule has 0 saturated carbocycles. The molecule has 0 radical (unpaired) electrons. The number of amides is 2. The highest BCUT2D eigenvalue weighted by Crippen LogP contribution is 2.12. The monoisotopic (exact) mass is 166 g/mol. The van der Waals surface area contributed by atoms with Gasteiger partial charge in [-0.05, 0) is 6.08 Å². The molecule has 12 heavy (non-hydrogen) atoms. The molecule has 0 aromatic carbocycles. The zero-order chi connectivity index (χ0) is 9.14. The van der Waals surface area contributed by atoms with Gasteiger partial charge in [0.15, 0.2) is 0 Å². The van der Waals surface area contributed by atoms with Crippen LogP contribution in [-0.4, -0.2) is 23.3 Å². The molecule has 0 fully saturated rings. The molecular weight excluding hydrogens is 156 g/mol. The number of allylic oxidation sites excluding steroid dienone is 1. The molecule has 4 nitrogen and oxygen atoms in total. The number of primary amides is 1. The van der Waals surface area contributed by atoms with E-state index < -0.39 is 5.91 Å². The molecule has 1 aliphatic heterocycles. The van der Waals surface area contributed by atoms with E-state index in [0.717, 1.165) is 0 Å². The Labute approximate surface area is 70.3 Å². The molecule has 0 aliphatic carbocycles. The molecule has 2 amide bonds. The summed E-state index contributed by atoms with van der Waals surface area (Å²) in [4.78, 5) is 22.8. The van der Waals surface area contributed by atoms with Gasteiger partial charge in [-0.15, -0.1) is 0 Å². The maximum Gasteiger partial charge on any atom is 0.251 e. The quantitative estimate of drug-likeness (QED) is 0.629. The summed E-state index contributed by atoms with van der Waals surface area (Å²) in [6.45, 7) is 3.95. The van der Waals surface area contributed by atoms with Crippen LogP contribution >= 0.6 is 0 Å². The molecule has 2 N–H and O–H groups in total. The first-order chi connectivity index (χ1) is 5.61. The Bertz CT molecular complexity index is 250. The average Bonchev–Trinajstić information content (AvgIpc) is 2.28. The van der Waals surface area contributed by atoms with Crippen molar-refractivity contribution in [3.05, 3.63) is 24.4 Å². The molecule has 0 saturated heterocycles. The average molecular weight is 166 g/mol. The van der Waals surface area contributed by atoms with Crippen LogP contribution in [0.15, 0.2) is 24.4 Å². The summed E-state index contributed by atoms with van der Waals surface area (Å²) in [5.74, 6) is -0.552. The van der Waals surface area contributed by atoms with Crippen molar-refractivity contribution < 1.29 is 9.59 Å². The fourth-order valence-corrected chi connectivity index (χ4v) is 0.965. The molecule has 1 rings (SSSR count). The predicted octanol–water partition coefficient (Wildman–Crippen LogP) is -0.226. The van der Waals surface area contributed by atoms with E-state index in [1.165, 1.54) is 11.0 Å². The number of hydrogen-bond acceptors (Lipinski definition) is 2. The van der Waals surface area contributed by atoms with Crippen molar-refractivity contribution in [3.63, 3.8) is 0 Å². The third-order valence-corrected chi connectivity index (χ3v) is 1.61. The fraction of sp³-hybridized carbons (Fsp3) is 0.250. The molecule has 64 valence electrons. The van der Waals surface area contributed by atoms with Crippen molar-refractivity contribution in [2.75, 3.05) is 6.54 Å². The molecule has 0 atom stereocenters. The molecule has 0 spiro atoms. The molecule has 0 unspecified atom stereocenters. The number of nitrogens with zero attached hydrogens (tertiary/aromatic N) is 1. The SMILES string of the molecule is C=C1C=CC(=O)N1CCC(N)=O. The van der Waals surface area contributed by atoms with Gasteiger partial charge < -0.3 is 10.6 Å². The van der Waals surface area contributed by atoms with Gasteiger partial charge in [0, 0.05) is 24.7 Å². The zero-order valence-corrected chi connectivity index (χ0v) is 6.62. The molecule has 4 heteroatoms. The van der Waals surface area contributed by atoms with Gasteiger partial charge in [0.1, 0.15) is 0 Å². The maximum absolute atomic E-state index is 11.0. The van der Waals surface area contributed by atoms with E-state index in [-0.39, 0.29) is 12.3 Å². The first-order valence-corrected chi connectivity index (χ1v) is 3.58. The second-order valence-electron chi connectivity index (χ2n) is 2.53. The summed E-state index contributed by atoms with van der Waals surface area (Å²) in [6, 6.07) is 0. The zero-order valence-electron chi connectivity index (χ0n) is 6.62. The Morgan fingerprint density at radius 3 is 2.67 bits per heavy atom. The highest BCUT2D eigenvalue weighted by atomic mass is 16.2. The van der Waals surface area contributed by atoms with Crippen molar-refractivity contribution in [3.8, 4) is 0 Å². The fourth-order valence-electron chi connectivity index (χ4n) is 0.965. The number of carbonyl (C=O) groups excluding carboxylic acids is 2. The van der Waals surface area contributed by atoms with Crippen LogP contribution in [0.2, 0.25) is 0 Å². The van der Waals surface area contributed by atoms with Crippen LogP contribution < -0.4 is 5.73 Å². The van der Waals surface area contributed by atoms with E-state index in [1.54, 1.807) is 6.08 Å². The lowest BCUT2D eigenvalue weighted by Gasteiger charge is -2.15. The van der Waals surface area contributed by atoms with Crippen LogP contribution in [0.1, 0.15) is 6.42 Å². The molecule has 1 heterocycles. The minimum absolute atomic E-state index is 0.138. The third kappa shape index (κ3) is 1.72. The van der Waals surface area contributed by atoms with Crippen LogP contribution in [-0.2, 0) is 9.59 Å². The van der Waals surface area contributed by atoms with Gasteiger partial charge in [-0.3, -0.25) is 9.59 Å². The van der Waals surface area contributed by atoms with Crippen molar-refractivity contribution in [1.29, 1.82) is 0 Å². The van der Waals surface area contributed by atoms with Crippen LogP contribution in [0.5, 0.6) is 0 Å². The molecular formula is C8H10N2O2. The Hall–Kier alpha value is -1.58. The summed E-state index contributed by atoms with van der Waals surface area (Å²) in [6.07, 6.45) is 3.21. The topological polar surface area (TPSA) is 63.4 Å². The van der Waals surface area contributed by atoms with Crippen LogP contribution in [0.3, 0.4) is 0 Å². The first kappa shape index (κ1) is 8.52. The number of nitrogens with two attached hydrogens (primary N) is 1. The summed E-state index contributed by atoms with van der Waals surface area (Å²) in [5.41, 5.74) is 5.55. The normalized spacial score (nSPS) is 15.8. The van der Waals surface area contributed by atoms with Gasteiger partial charge >= 0.3 is 0 Å². The first-order valence-electron chi connectivity index (χ1n) is 3.58. The van der Waals surface area contributed by atoms with E-state index >= 15 is 0 Å². The van der Waals surface area contributed by atoms with Gasteiger partial charge in [0.2, 0.25) is 5.91 Å². The van der Waals surface area contributed by atoms with E-state index in [0.29, 0.717) is 12.2 Å². The minimum Gasteiger partial charge on any atom is -0.370 e. The Kier molecular flexibility index (Phi) is 2.28. The van der Waals surface area contributed by atoms with Crippen LogP contribution in [0, 0.1) is 0 Å². The van der Waals surface area contributed by atoms with Gasteiger partial charge in [-0.25, -0.2) is 0 Å². The van der Waals surface area contributed by atoms with Crippen molar-refractivity contribution >= 4 is 11.8 Å². The van der Waals surface area contributed by atoms with Crippen molar-refractivity contribution in [2.24, 2.45) is 5.73 Å². The Morgan fingerprint density at radius 1 is 1.58 bits per heavy atom. The summed E-state index contributed by atoms with van der Waals surface area (Å²) in [7, 11) is 0. The third-order valence-electron chi connectivity index (χ3n) is 1.61. The number of rotatable bonds is 3. The number of hydrogen-bond donors (Lipinski definition) is 1. The Morgan fingerprint density at radius 2 is 2.25 bits per heavy atom. The lowest BCUT2D eigenvalue weighted by molar-refractivity contribution is -0.124.